The molecule has 0 aliphatic carbocycles. The molecule has 0 amide bonds. The Morgan fingerprint density at radius 2 is 2.06 bits per heavy atom. The van der Waals surface area contributed by atoms with Crippen LogP contribution in [0.4, 0.5) is 4.39 Å². The number of phenols is 1. The van der Waals surface area contributed by atoms with Crippen LogP contribution < -0.4 is 5.32 Å². The van der Waals surface area contributed by atoms with E-state index in [-0.39, 0.29) is 5.75 Å². The van der Waals surface area contributed by atoms with Crippen LogP contribution >= 0.6 is 0 Å². The van der Waals surface area contributed by atoms with Gasteiger partial charge in [-0.25, -0.2) is 4.39 Å². The molecule has 0 saturated carbocycles. The summed E-state index contributed by atoms with van der Waals surface area (Å²) < 4.78 is 12.5. The van der Waals surface area contributed by atoms with Gasteiger partial charge in [0, 0.05) is 38.3 Å². The molecule has 0 aromatic heterocycles. The molecule has 1 fully saturated rings. The van der Waals surface area contributed by atoms with Crippen molar-refractivity contribution in [2.75, 3.05) is 26.2 Å². The van der Waals surface area contributed by atoms with Gasteiger partial charge >= 0.3 is 0 Å². The minimum absolute atomic E-state index is 0.260. The van der Waals surface area contributed by atoms with Crippen LogP contribution in [-0.2, 0) is 13.2 Å². The van der Waals surface area contributed by atoms with Crippen molar-refractivity contribution in [1.29, 1.82) is 0 Å². The zero-order chi connectivity index (χ0) is 11.4. The standard InChI is InChI=1S/C12H17FN2O/c13-8-10-1-2-12(16)11(7-10)9-15-5-3-14-4-6-15/h1-2,7,14,16H,3-6,8-9H2. The fourth-order valence-electron chi connectivity index (χ4n) is 1.96. The van der Waals surface area contributed by atoms with Crippen molar-refractivity contribution in [2.24, 2.45) is 0 Å². The molecule has 2 rings (SSSR count). The molecule has 1 aromatic carbocycles. The van der Waals surface area contributed by atoms with Gasteiger partial charge in [0.2, 0.25) is 0 Å². The van der Waals surface area contributed by atoms with Crippen LogP contribution in [-0.4, -0.2) is 36.2 Å². The van der Waals surface area contributed by atoms with Gasteiger partial charge in [-0.1, -0.05) is 6.07 Å². The summed E-state index contributed by atoms with van der Waals surface area (Å²) in [6, 6.07) is 4.94. The van der Waals surface area contributed by atoms with E-state index in [2.05, 4.69) is 10.2 Å². The minimum atomic E-state index is -0.477. The quantitative estimate of drug-likeness (QED) is 0.811. The van der Waals surface area contributed by atoms with Gasteiger partial charge in [0.25, 0.3) is 0 Å². The Labute approximate surface area is 94.9 Å². The molecule has 0 spiro atoms. The molecule has 0 bridgehead atoms. The lowest BCUT2D eigenvalue weighted by Gasteiger charge is -2.27. The Balaban J connectivity index is 2.06. The molecule has 1 heterocycles. The van der Waals surface area contributed by atoms with E-state index in [1.54, 1.807) is 18.2 Å². The first kappa shape index (κ1) is 11.4. The van der Waals surface area contributed by atoms with E-state index in [0.717, 1.165) is 31.7 Å². The average molecular weight is 224 g/mol. The summed E-state index contributed by atoms with van der Waals surface area (Å²) in [5.41, 5.74) is 1.44. The third kappa shape index (κ3) is 2.71. The second-order valence-corrected chi connectivity index (χ2v) is 4.12. The normalized spacial score (nSPS) is 17.6. The number of phenolic OH excluding ortho intramolecular Hbond substituents is 1. The molecular formula is C12H17FN2O. The molecule has 1 aromatic rings. The monoisotopic (exact) mass is 224 g/mol. The van der Waals surface area contributed by atoms with Crippen LogP contribution in [0.25, 0.3) is 0 Å². The number of halogens is 1. The number of benzene rings is 1. The van der Waals surface area contributed by atoms with Crippen molar-refractivity contribution in [3.63, 3.8) is 0 Å². The highest BCUT2D eigenvalue weighted by atomic mass is 19.1. The molecule has 2 N–H and O–H groups in total. The lowest BCUT2D eigenvalue weighted by atomic mass is 10.1. The number of alkyl halides is 1. The van der Waals surface area contributed by atoms with Crippen LogP contribution in [0.5, 0.6) is 5.75 Å². The van der Waals surface area contributed by atoms with E-state index >= 15 is 0 Å². The Morgan fingerprint density at radius 3 is 2.75 bits per heavy atom. The summed E-state index contributed by atoms with van der Waals surface area (Å²) >= 11 is 0. The molecule has 3 nitrogen and oxygen atoms in total. The smallest absolute Gasteiger partial charge is 0.120 e. The molecule has 1 aliphatic rings. The summed E-state index contributed by atoms with van der Waals surface area (Å²) in [6.07, 6.45) is 0. The Hall–Kier alpha value is -1.13. The lowest BCUT2D eigenvalue weighted by molar-refractivity contribution is 0.230. The van der Waals surface area contributed by atoms with Gasteiger partial charge in [0.15, 0.2) is 0 Å². The van der Waals surface area contributed by atoms with Gasteiger partial charge < -0.3 is 10.4 Å². The van der Waals surface area contributed by atoms with Crippen LogP contribution in [0.1, 0.15) is 11.1 Å². The predicted molar refractivity (Wildman–Crippen MR) is 61.1 cm³/mol. The fraction of sp³-hybridized carbons (Fsp3) is 0.500. The number of piperazine rings is 1. The van der Waals surface area contributed by atoms with Crippen LogP contribution in [0.15, 0.2) is 18.2 Å². The maximum atomic E-state index is 12.5. The van der Waals surface area contributed by atoms with Gasteiger partial charge in [-0.3, -0.25) is 4.90 Å². The summed E-state index contributed by atoms with van der Waals surface area (Å²) in [6.45, 7) is 4.11. The number of aromatic hydroxyl groups is 1. The average Bonchev–Trinajstić information content (AvgIpc) is 2.33. The van der Waals surface area contributed by atoms with Crippen LogP contribution in [0.2, 0.25) is 0 Å². The summed E-state index contributed by atoms with van der Waals surface area (Å²) in [4.78, 5) is 2.26. The highest BCUT2D eigenvalue weighted by Crippen LogP contribution is 2.21. The highest BCUT2D eigenvalue weighted by molar-refractivity contribution is 5.35. The molecule has 0 radical (unpaired) electrons. The topological polar surface area (TPSA) is 35.5 Å². The van der Waals surface area contributed by atoms with E-state index in [1.165, 1.54) is 0 Å². The fourth-order valence-corrected chi connectivity index (χ4v) is 1.96. The predicted octanol–water partition coefficient (Wildman–Crippen LogP) is 1.27. The van der Waals surface area contributed by atoms with E-state index in [4.69, 9.17) is 0 Å². The lowest BCUT2D eigenvalue weighted by Crippen LogP contribution is -2.42. The Morgan fingerprint density at radius 1 is 1.31 bits per heavy atom. The van der Waals surface area contributed by atoms with Crippen molar-refractivity contribution in [3.05, 3.63) is 29.3 Å². The Kier molecular flexibility index (Phi) is 3.74. The summed E-state index contributed by atoms with van der Waals surface area (Å²) in [5, 5.41) is 13.0. The van der Waals surface area contributed by atoms with Crippen molar-refractivity contribution in [3.8, 4) is 5.75 Å². The maximum absolute atomic E-state index is 12.5. The van der Waals surface area contributed by atoms with Gasteiger partial charge in [-0.05, 0) is 17.7 Å². The van der Waals surface area contributed by atoms with Gasteiger partial charge in [0.05, 0.1) is 0 Å². The third-order valence-corrected chi connectivity index (χ3v) is 2.90. The minimum Gasteiger partial charge on any atom is -0.508 e. The van der Waals surface area contributed by atoms with Crippen LogP contribution in [0.3, 0.4) is 0 Å². The molecule has 4 heteroatoms. The number of nitrogens with zero attached hydrogens (tertiary/aromatic N) is 1. The molecule has 0 unspecified atom stereocenters. The SMILES string of the molecule is Oc1ccc(CF)cc1CN1CCNCC1. The number of hydrogen-bond donors (Lipinski definition) is 2. The third-order valence-electron chi connectivity index (χ3n) is 2.90. The first-order valence-electron chi connectivity index (χ1n) is 5.59. The number of rotatable bonds is 3. The number of nitrogens with one attached hydrogen (secondary N) is 1. The molecule has 16 heavy (non-hydrogen) atoms. The van der Waals surface area contributed by atoms with E-state index in [0.29, 0.717) is 12.1 Å². The largest absolute Gasteiger partial charge is 0.508 e. The highest BCUT2D eigenvalue weighted by Gasteiger charge is 2.12. The van der Waals surface area contributed by atoms with E-state index in [9.17, 15) is 9.50 Å². The zero-order valence-electron chi connectivity index (χ0n) is 9.25. The summed E-state index contributed by atoms with van der Waals surface area (Å²) in [7, 11) is 0. The van der Waals surface area contributed by atoms with E-state index < -0.39 is 6.67 Å². The molecule has 88 valence electrons. The number of hydrogen-bond acceptors (Lipinski definition) is 3. The van der Waals surface area contributed by atoms with Gasteiger partial charge in [0.1, 0.15) is 12.4 Å². The van der Waals surface area contributed by atoms with Gasteiger partial charge in [-0.15, -0.1) is 0 Å². The molecular weight excluding hydrogens is 207 g/mol. The second-order valence-electron chi connectivity index (χ2n) is 4.12. The maximum Gasteiger partial charge on any atom is 0.120 e. The Bertz CT molecular complexity index is 351. The van der Waals surface area contributed by atoms with Crippen LogP contribution in [0, 0.1) is 0 Å². The molecule has 0 atom stereocenters. The first-order valence-corrected chi connectivity index (χ1v) is 5.59. The molecule has 1 saturated heterocycles. The first-order chi connectivity index (χ1) is 7.79. The van der Waals surface area contributed by atoms with Crippen molar-refractivity contribution < 1.29 is 9.50 Å². The second kappa shape index (κ2) is 5.27. The van der Waals surface area contributed by atoms with E-state index in [1.807, 2.05) is 0 Å². The summed E-state index contributed by atoms with van der Waals surface area (Å²) in [5.74, 6) is 0.260. The van der Waals surface area contributed by atoms with Crippen molar-refractivity contribution in [1.82, 2.24) is 10.2 Å². The van der Waals surface area contributed by atoms with Crippen molar-refractivity contribution in [2.45, 2.75) is 13.2 Å². The zero-order valence-corrected chi connectivity index (χ0v) is 9.25. The van der Waals surface area contributed by atoms with Crippen molar-refractivity contribution >= 4 is 0 Å². The van der Waals surface area contributed by atoms with Gasteiger partial charge in [-0.2, -0.15) is 0 Å². The molecule has 1 aliphatic heterocycles.